The zero-order valence-corrected chi connectivity index (χ0v) is 11.3. The topological polar surface area (TPSA) is 12.0 Å². The van der Waals surface area contributed by atoms with E-state index < -0.39 is 0 Å². The lowest BCUT2D eigenvalue weighted by molar-refractivity contribution is 0.212. The molecule has 1 nitrogen and oxygen atoms in total. The van der Waals surface area contributed by atoms with Gasteiger partial charge in [-0.3, -0.25) is 0 Å². The summed E-state index contributed by atoms with van der Waals surface area (Å²) in [4.78, 5) is 0. The molecule has 1 aromatic carbocycles. The van der Waals surface area contributed by atoms with Crippen molar-refractivity contribution in [2.24, 2.45) is 11.8 Å². The van der Waals surface area contributed by atoms with Crippen molar-refractivity contribution in [2.45, 2.75) is 32.7 Å². The number of anilines is 1. The molecule has 0 aliphatic heterocycles. The Labute approximate surface area is 107 Å². The molecule has 17 heavy (non-hydrogen) atoms. The van der Waals surface area contributed by atoms with Crippen molar-refractivity contribution in [3.8, 4) is 0 Å². The third kappa shape index (κ3) is 2.19. The monoisotopic (exact) mass is 245 g/mol. The first kappa shape index (κ1) is 11.1. The molecule has 0 unspecified atom stereocenters. The minimum absolute atomic E-state index is 0.693. The highest BCUT2D eigenvalue weighted by Gasteiger charge is 2.30. The predicted molar refractivity (Wildman–Crippen MR) is 76.8 cm³/mol. The first-order chi connectivity index (χ1) is 8.22. The SMILES string of the molecule is CC(C)C1CC(Nc2ccc3sccc3c2)C1. The maximum atomic E-state index is 3.65. The number of benzene rings is 1. The lowest BCUT2D eigenvalue weighted by atomic mass is 9.73. The van der Waals surface area contributed by atoms with Crippen LogP contribution in [0.15, 0.2) is 29.6 Å². The molecule has 1 aliphatic carbocycles. The van der Waals surface area contributed by atoms with Crippen molar-refractivity contribution >= 4 is 27.1 Å². The highest BCUT2D eigenvalue weighted by Crippen LogP contribution is 2.36. The molecule has 0 bridgehead atoms. The Morgan fingerprint density at radius 3 is 2.82 bits per heavy atom. The van der Waals surface area contributed by atoms with E-state index in [0.29, 0.717) is 6.04 Å². The Morgan fingerprint density at radius 2 is 2.06 bits per heavy atom. The fourth-order valence-electron chi connectivity index (χ4n) is 2.62. The van der Waals surface area contributed by atoms with Crippen LogP contribution in [-0.4, -0.2) is 6.04 Å². The van der Waals surface area contributed by atoms with E-state index in [1.807, 2.05) is 11.3 Å². The van der Waals surface area contributed by atoms with Gasteiger partial charge in [-0.05, 0) is 59.7 Å². The summed E-state index contributed by atoms with van der Waals surface area (Å²) in [6.07, 6.45) is 2.67. The normalized spacial score (nSPS) is 23.9. The second-order valence-corrected chi connectivity index (χ2v) is 6.44. The molecule has 1 saturated carbocycles. The van der Waals surface area contributed by atoms with Gasteiger partial charge in [-0.1, -0.05) is 13.8 Å². The van der Waals surface area contributed by atoms with Crippen LogP contribution in [0.5, 0.6) is 0 Å². The summed E-state index contributed by atoms with van der Waals surface area (Å²) >= 11 is 1.81. The molecule has 2 aromatic rings. The number of rotatable bonds is 3. The summed E-state index contributed by atoms with van der Waals surface area (Å²) in [5, 5.41) is 7.17. The molecule has 0 saturated heterocycles. The largest absolute Gasteiger partial charge is 0.382 e. The van der Waals surface area contributed by atoms with E-state index in [4.69, 9.17) is 0 Å². The minimum Gasteiger partial charge on any atom is -0.382 e. The number of fused-ring (bicyclic) bond motifs is 1. The van der Waals surface area contributed by atoms with Gasteiger partial charge in [0.25, 0.3) is 0 Å². The van der Waals surface area contributed by atoms with E-state index >= 15 is 0 Å². The van der Waals surface area contributed by atoms with E-state index in [0.717, 1.165) is 11.8 Å². The summed E-state index contributed by atoms with van der Waals surface area (Å²) in [7, 11) is 0. The van der Waals surface area contributed by atoms with Crippen molar-refractivity contribution in [1.29, 1.82) is 0 Å². The van der Waals surface area contributed by atoms with Crippen LogP contribution in [-0.2, 0) is 0 Å². The number of hydrogen-bond acceptors (Lipinski definition) is 2. The van der Waals surface area contributed by atoms with Gasteiger partial charge in [0.15, 0.2) is 0 Å². The fraction of sp³-hybridized carbons (Fsp3) is 0.467. The van der Waals surface area contributed by atoms with Gasteiger partial charge in [0, 0.05) is 16.4 Å². The first-order valence-electron chi connectivity index (χ1n) is 6.46. The van der Waals surface area contributed by atoms with Crippen LogP contribution in [0.3, 0.4) is 0 Å². The molecular formula is C15H19NS. The second-order valence-electron chi connectivity index (χ2n) is 5.49. The van der Waals surface area contributed by atoms with Gasteiger partial charge in [0.1, 0.15) is 0 Å². The Hall–Kier alpha value is -1.02. The molecule has 1 fully saturated rings. The van der Waals surface area contributed by atoms with Crippen molar-refractivity contribution in [3.63, 3.8) is 0 Å². The summed E-state index contributed by atoms with van der Waals surface area (Å²) < 4.78 is 1.38. The zero-order chi connectivity index (χ0) is 11.8. The summed E-state index contributed by atoms with van der Waals surface area (Å²) in [5.74, 6) is 1.77. The molecule has 0 spiro atoms. The van der Waals surface area contributed by atoms with Crippen LogP contribution in [0.4, 0.5) is 5.69 Å². The molecule has 1 N–H and O–H groups in total. The number of hydrogen-bond donors (Lipinski definition) is 1. The van der Waals surface area contributed by atoms with Gasteiger partial charge in [0.05, 0.1) is 0 Å². The molecule has 0 radical (unpaired) electrons. The maximum absolute atomic E-state index is 3.65. The highest BCUT2D eigenvalue weighted by molar-refractivity contribution is 7.17. The molecule has 0 atom stereocenters. The summed E-state index contributed by atoms with van der Waals surface area (Å²) in [6.45, 7) is 4.66. The van der Waals surface area contributed by atoms with Gasteiger partial charge in [-0.25, -0.2) is 0 Å². The molecule has 0 amide bonds. The number of thiophene rings is 1. The lowest BCUT2D eigenvalue weighted by Gasteiger charge is -2.39. The van der Waals surface area contributed by atoms with E-state index in [1.165, 1.54) is 28.6 Å². The lowest BCUT2D eigenvalue weighted by Crippen LogP contribution is -2.37. The van der Waals surface area contributed by atoms with Crippen LogP contribution in [0.2, 0.25) is 0 Å². The Kier molecular flexibility index (Phi) is 2.83. The fourth-order valence-corrected chi connectivity index (χ4v) is 3.39. The molecule has 90 valence electrons. The van der Waals surface area contributed by atoms with Crippen molar-refractivity contribution in [1.82, 2.24) is 0 Å². The van der Waals surface area contributed by atoms with Gasteiger partial charge in [-0.15, -0.1) is 11.3 Å². The molecule has 2 heteroatoms. The van der Waals surface area contributed by atoms with E-state index in [2.05, 4.69) is 48.8 Å². The molecular weight excluding hydrogens is 226 g/mol. The van der Waals surface area contributed by atoms with Crippen LogP contribution in [0, 0.1) is 11.8 Å². The Morgan fingerprint density at radius 1 is 1.24 bits per heavy atom. The van der Waals surface area contributed by atoms with Crippen LogP contribution < -0.4 is 5.32 Å². The van der Waals surface area contributed by atoms with Gasteiger partial charge < -0.3 is 5.32 Å². The Bertz CT molecular complexity index is 508. The standard InChI is InChI=1S/C15H19NS/c1-10(2)12-8-14(9-12)16-13-3-4-15-11(7-13)5-6-17-15/h3-7,10,12,14,16H,8-9H2,1-2H3. The van der Waals surface area contributed by atoms with Crippen LogP contribution in [0.25, 0.3) is 10.1 Å². The average Bonchev–Trinajstić information content (AvgIpc) is 2.69. The van der Waals surface area contributed by atoms with Crippen LogP contribution >= 0.6 is 11.3 Å². The molecule has 1 heterocycles. The smallest absolute Gasteiger partial charge is 0.0349 e. The minimum atomic E-state index is 0.693. The maximum Gasteiger partial charge on any atom is 0.0349 e. The van der Waals surface area contributed by atoms with Gasteiger partial charge >= 0.3 is 0 Å². The predicted octanol–water partition coefficient (Wildman–Crippen LogP) is 4.75. The van der Waals surface area contributed by atoms with Crippen molar-refractivity contribution in [2.75, 3.05) is 5.32 Å². The van der Waals surface area contributed by atoms with Crippen molar-refractivity contribution in [3.05, 3.63) is 29.6 Å². The molecule has 1 aliphatic rings. The van der Waals surface area contributed by atoms with E-state index in [1.54, 1.807) is 0 Å². The molecule has 1 aromatic heterocycles. The third-order valence-corrected chi connectivity index (χ3v) is 4.84. The van der Waals surface area contributed by atoms with E-state index in [9.17, 15) is 0 Å². The molecule has 3 rings (SSSR count). The third-order valence-electron chi connectivity index (χ3n) is 3.94. The highest BCUT2D eigenvalue weighted by atomic mass is 32.1. The second kappa shape index (κ2) is 4.34. The summed E-state index contributed by atoms with van der Waals surface area (Å²) in [5.41, 5.74) is 1.28. The number of nitrogens with one attached hydrogen (secondary N) is 1. The summed E-state index contributed by atoms with van der Waals surface area (Å²) in [6, 6.07) is 9.60. The first-order valence-corrected chi connectivity index (χ1v) is 7.34. The van der Waals surface area contributed by atoms with Crippen molar-refractivity contribution < 1.29 is 0 Å². The van der Waals surface area contributed by atoms with Gasteiger partial charge in [0.2, 0.25) is 0 Å². The average molecular weight is 245 g/mol. The van der Waals surface area contributed by atoms with Gasteiger partial charge in [-0.2, -0.15) is 0 Å². The Balaban J connectivity index is 1.66. The van der Waals surface area contributed by atoms with Crippen LogP contribution in [0.1, 0.15) is 26.7 Å². The van der Waals surface area contributed by atoms with E-state index in [-0.39, 0.29) is 0 Å². The zero-order valence-electron chi connectivity index (χ0n) is 10.4. The quantitative estimate of drug-likeness (QED) is 0.823.